The van der Waals surface area contributed by atoms with Crippen molar-refractivity contribution in [1.29, 1.82) is 0 Å². The van der Waals surface area contributed by atoms with Crippen LogP contribution >= 0.6 is 0 Å². The molecule has 12 heteroatoms. The maximum Gasteiger partial charge on any atom is 0.282 e. The fourth-order valence-electron chi connectivity index (χ4n) is 5.93. The number of nitrogens with two attached hydrogens (primary N) is 1. The summed E-state index contributed by atoms with van der Waals surface area (Å²) in [6.07, 6.45) is -2.59. The Bertz CT molecular complexity index is 1650. The minimum atomic E-state index is -2.92. The first-order chi connectivity index (χ1) is 20.1. The van der Waals surface area contributed by atoms with Crippen molar-refractivity contribution in [1.82, 2.24) is 20.1 Å². The largest absolute Gasteiger partial charge is 0.346 e. The van der Waals surface area contributed by atoms with E-state index < -0.39 is 54.2 Å². The van der Waals surface area contributed by atoms with Crippen LogP contribution in [0.15, 0.2) is 54.7 Å². The van der Waals surface area contributed by atoms with Gasteiger partial charge in [-0.15, -0.1) is 0 Å². The Morgan fingerprint density at radius 1 is 1.07 bits per heavy atom. The summed E-state index contributed by atoms with van der Waals surface area (Å²) in [7, 11) is 0. The zero-order chi connectivity index (χ0) is 29.7. The average molecular weight is 586 g/mol. The molecule has 2 aliphatic carbocycles. The molecule has 2 aliphatic rings. The summed E-state index contributed by atoms with van der Waals surface area (Å²) in [5.74, 6) is -3.54. The summed E-state index contributed by atoms with van der Waals surface area (Å²) in [6, 6.07) is 9.60. The molecule has 6 rings (SSSR count). The number of halogens is 6. The number of amides is 1. The highest BCUT2D eigenvalue weighted by Gasteiger charge is 2.57. The van der Waals surface area contributed by atoms with Gasteiger partial charge in [0.05, 0.1) is 17.4 Å². The van der Waals surface area contributed by atoms with E-state index in [9.17, 15) is 26.7 Å². The van der Waals surface area contributed by atoms with Crippen molar-refractivity contribution in [3.63, 3.8) is 0 Å². The second-order valence-corrected chi connectivity index (χ2v) is 10.6. The van der Waals surface area contributed by atoms with Gasteiger partial charge in [-0.2, -0.15) is 5.10 Å². The fraction of sp³-hybridized carbons (Fsp3) is 0.300. The van der Waals surface area contributed by atoms with Gasteiger partial charge in [-0.05, 0) is 60.2 Å². The highest BCUT2D eigenvalue weighted by Crippen LogP contribution is 2.64. The molecule has 1 fully saturated rings. The Labute approximate surface area is 236 Å². The molecule has 218 valence electrons. The number of alkyl halides is 3. The normalized spacial score (nSPS) is 19.5. The molecular formula is C30H25F6N5O. The van der Waals surface area contributed by atoms with Crippen molar-refractivity contribution in [2.75, 3.05) is 0 Å². The SMILES string of the molecule is NCc1cc(-c2cccnc2C(Cc2cc(F)cc(F)c2)NC(=O)Cn2nc(C(F)F)c3c2C(F)C2CC32)ccc1F. The van der Waals surface area contributed by atoms with Crippen LogP contribution in [-0.2, 0) is 24.3 Å². The van der Waals surface area contributed by atoms with Gasteiger partial charge in [-0.3, -0.25) is 14.5 Å². The van der Waals surface area contributed by atoms with Gasteiger partial charge >= 0.3 is 0 Å². The summed E-state index contributed by atoms with van der Waals surface area (Å²) in [5.41, 5.74) is 7.12. The summed E-state index contributed by atoms with van der Waals surface area (Å²) in [6.45, 7) is -0.622. The number of carbonyl (C=O) groups excluding carboxylic acids is 1. The topological polar surface area (TPSA) is 85.8 Å². The lowest BCUT2D eigenvalue weighted by Crippen LogP contribution is -2.34. The van der Waals surface area contributed by atoms with Crippen molar-refractivity contribution < 1.29 is 31.1 Å². The van der Waals surface area contributed by atoms with E-state index in [0.29, 0.717) is 29.3 Å². The van der Waals surface area contributed by atoms with E-state index in [4.69, 9.17) is 5.73 Å². The minimum absolute atomic E-state index is 0.00963. The Morgan fingerprint density at radius 2 is 1.83 bits per heavy atom. The van der Waals surface area contributed by atoms with Gasteiger partial charge in [0.2, 0.25) is 5.91 Å². The molecule has 0 saturated heterocycles. The van der Waals surface area contributed by atoms with Gasteiger partial charge < -0.3 is 11.1 Å². The smallest absolute Gasteiger partial charge is 0.282 e. The van der Waals surface area contributed by atoms with E-state index in [1.807, 2.05) is 0 Å². The van der Waals surface area contributed by atoms with Crippen LogP contribution in [0.4, 0.5) is 26.3 Å². The van der Waals surface area contributed by atoms with E-state index in [-0.39, 0.29) is 47.2 Å². The second kappa shape index (κ2) is 10.9. The minimum Gasteiger partial charge on any atom is -0.346 e. The molecule has 4 aromatic rings. The highest BCUT2D eigenvalue weighted by atomic mass is 19.3. The van der Waals surface area contributed by atoms with E-state index >= 15 is 4.39 Å². The predicted molar refractivity (Wildman–Crippen MR) is 140 cm³/mol. The van der Waals surface area contributed by atoms with Crippen LogP contribution in [0.2, 0.25) is 0 Å². The van der Waals surface area contributed by atoms with Crippen LogP contribution in [0.25, 0.3) is 11.1 Å². The first kappa shape index (κ1) is 28.0. The van der Waals surface area contributed by atoms with Crippen molar-refractivity contribution in [3.8, 4) is 11.1 Å². The first-order valence-electron chi connectivity index (χ1n) is 13.4. The lowest BCUT2D eigenvalue weighted by Gasteiger charge is -2.22. The quantitative estimate of drug-likeness (QED) is 0.237. The molecule has 3 N–H and O–H groups in total. The summed E-state index contributed by atoms with van der Waals surface area (Å²) < 4.78 is 85.7. The van der Waals surface area contributed by atoms with Crippen LogP contribution in [-0.4, -0.2) is 20.7 Å². The molecule has 42 heavy (non-hydrogen) atoms. The molecule has 0 aliphatic heterocycles. The predicted octanol–water partition coefficient (Wildman–Crippen LogP) is 5.99. The third-order valence-corrected chi connectivity index (χ3v) is 7.85. The van der Waals surface area contributed by atoms with Crippen molar-refractivity contribution >= 4 is 5.91 Å². The van der Waals surface area contributed by atoms with Gasteiger partial charge in [0, 0.05) is 41.4 Å². The Balaban J connectivity index is 1.35. The molecule has 2 aromatic heterocycles. The Kier molecular flexibility index (Phi) is 7.25. The monoisotopic (exact) mass is 585 g/mol. The molecule has 2 aromatic carbocycles. The number of fused-ring (bicyclic) bond motifs is 3. The number of pyridine rings is 1. The molecule has 0 radical (unpaired) electrons. The van der Waals surface area contributed by atoms with Gasteiger partial charge in [0.15, 0.2) is 0 Å². The van der Waals surface area contributed by atoms with Gasteiger partial charge in [-0.1, -0.05) is 12.1 Å². The number of nitrogens with zero attached hydrogens (tertiary/aromatic N) is 3. The molecule has 1 amide bonds. The van der Waals surface area contributed by atoms with Crippen molar-refractivity contribution in [2.45, 2.75) is 50.5 Å². The zero-order valence-corrected chi connectivity index (χ0v) is 22.0. The van der Waals surface area contributed by atoms with E-state index in [1.165, 1.54) is 18.3 Å². The maximum absolute atomic E-state index is 15.0. The van der Waals surface area contributed by atoms with Gasteiger partial charge in [0.25, 0.3) is 6.43 Å². The number of aromatic nitrogens is 3. The molecule has 2 heterocycles. The van der Waals surface area contributed by atoms with E-state index in [2.05, 4.69) is 15.4 Å². The number of nitrogens with one attached hydrogen (secondary N) is 1. The molecule has 0 bridgehead atoms. The summed E-state index contributed by atoms with van der Waals surface area (Å²) in [4.78, 5) is 17.8. The van der Waals surface area contributed by atoms with Crippen LogP contribution < -0.4 is 11.1 Å². The van der Waals surface area contributed by atoms with Crippen LogP contribution in [0.1, 0.15) is 64.7 Å². The first-order valence-corrected chi connectivity index (χ1v) is 13.4. The molecule has 4 unspecified atom stereocenters. The molecule has 6 nitrogen and oxygen atoms in total. The number of rotatable bonds is 9. The molecule has 0 spiro atoms. The molecule has 4 atom stereocenters. The maximum atomic E-state index is 15.0. The van der Waals surface area contributed by atoms with Crippen molar-refractivity contribution in [3.05, 3.63) is 106 Å². The highest BCUT2D eigenvalue weighted by molar-refractivity contribution is 5.77. The van der Waals surface area contributed by atoms with Crippen LogP contribution in [0.5, 0.6) is 0 Å². The number of hydrogen-bond donors (Lipinski definition) is 2. The standard InChI is InChI=1S/C30H25F6N5O/c31-17-6-14(7-18(32)10-17)8-23(27-19(2-1-5-38-27)15-3-4-22(33)16(9-15)12-37)39-24(42)13-41-29-25(28(40-41)30(35)36)20-11-21(20)26(29)34/h1-7,9-10,20-21,23,26,30H,8,11-13,37H2,(H,39,42). The van der Waals surface area contributed by atoms with Crippen molar-refractivity contribution in [2.24, 2.45) is 11.7 Å². The third-order valence-electron chi connectivity index (χ3n) is 7.85. The van der Waals surface area contributed by atoms with Gasteiger partial charge in [-0.25, -0.2) is 26.3 Å². The molecule has 1 saturated carbocycles. The fourth-order valence-corrected chi connectivity index (χ4v) is 5.93. The second-order valence-electron chi connectivity index (χ2n) is 10.6. The Morgan fingerprint density at radius 3 is 2.55 bits per heavy atom. The number of benzene rings is 2. The van der Waals surface area contributed by atoms with E-state index in [0.717, 1.165) is 16.8 Å². The lowest BCUT2D eigenvalue weighted by atomic mass is 9.94. The zero-order valence-electron chi connectivity index (χ0n) is 22.0. The van der Waals surface area contributed by atoms with Crippen LogP contribution in [0.3, 0.4) is 0 Å². The lowest BCUT2D eigenvalue weighted by molar-refractivity contribution is -0.122. The summed E-state index contributed by atoms with van der Waals surface area (Å²) >= 11 is 0. The molecular weight excluding hydrogens is 560 g/mol. The third kappa shape index (κ3) is 5.15. The van der Waals surface area contributed by atoms with E-state index in [1.54, 1.807) is 18.2 Å². The number of hydrogen-bond acceptors (Lipinski definition) is 4. The summed E-state index contributed by atoms with van der Waals surface area (Å²) in [5, 5.41) is 6.65. The average Bonchev–Trinajstić information content (AvgIpc) is 3.57. The number of carbonyl (C=O) groups is 1. The van der Waals surface area contributed by atoms with Gasteiger partial charge in [0.1, 0.15) is 35.9 Å². The Hall–Kier alpha value is -4.19. The van der Waals surface area contributed by atoms with Crippen LogP contribution in [0, 0.1) is 23.4 Å².